The molecule has 0 atom stereocenters. The summed E-state index contributed by atoms with van der Waals surface area (Å²) in [6.45, 7) is 4.36. The van der Waals surface area contributed by atoms with Crippen molar-refractivity contribution in [1.82, 2.24) is 0 Å². The molecule has 4 heteroatoms. The van der Waals surface area contributed by atoms with Crippen LogP contribution in [0, 0.1) is 5.92 Å². The van der Waals surface area contributed by atoms with Crippen LogP contribution >= 0.6 is 11.8 Å². The Labute approximate surface area is 124 Å². The third-order valence-electron chi connectivity index (χ3n) is 1.52. The standard InChI is InChI=1S/C11H15NS2.Na/c1-9(2)8-14-11(13)12-10-6-4-3-5-7-10;/h3-7,9H,8H2,1-2H3,(H,12,13);/q;+1/p-1. The zero-order valence-corrected chi connectivity index (χ0v) is 13.1. The molecule has 0 unspecified atom stereocenters. The first-order chi connectivity index (χ1) is 6.68. The Bertz CT molecular complexity index is 299. The molecule has 15 heavy (non-hydrogen) atoms. The molecule has 0 aromatic heterocycles. The first-order valence-corrected chi connectivity index (χ1v) is 6.01. The molecule has 0 fully saturated rings. The number of para-hydroxylation sites is 1. The van der Waals surface area contributed by atoms with Crippen molar-refractivity contribution in [3.63, 3.8) is 0 Å². The van der Waals surface area contributed by atoms with Gasteiger partial charge in [-0.25, -0.2) is 0 Å². The van der Waals surface area contributed by atoms with Gasteiger partial charge in [-0.05, 0) is 28.2 Å². The molecule has 1 aromatic rings. The summed E-state index contributed by atoms with van der Waals surface area (Å²) < 4.78 is 0.727. The van der Waals surface area contributed by atoms with Gasteiger partial charge in [0.1, 0.15) is 0 Å². The van der Waals surface area contributed by atoms with Crippen LogP contribution in [-0.2, 0) is 12.6 Å². The third-order valence-corrected chi connectivity index (χ3v) is 3.13. The van der Waals surface area contributed by atoms with Crippen LogP contribution in [0.15, 0.2) is 35.3 Å². The zero-order chi connectivity index (χ0) is 10.4. The summed E-state index contributed by atoms with van der Waals surface area (Å²) in [6.07, 6.45) is 0. The molecule has 0 radical (unpaired) electrons. The molecule has 0 heterocycles. The molecule has 0 N–H and O–H groups in total. The second-order valence-corrected chi connectivity index (χ2v) is 5.07. The van der Waals surface area contributed by atoms with Gasteiger partial charge in [0, 0.05) is 0 Å². The average Bonchev–Trinajstić information content (AvgIpc) is 2.16. The van der Waals surface area contributed by atoms with Crippen molar-refractivity contribution in [3.8, 4) is 0 Å². The van der Waals surface area contributed by atoms with Crippen molar-refractivity contribution in [2.75, 3.05) is 5.75 Å². The Morgan fingerprint density at radius 2 is 1.93 bits per heavy atom. The molecule has 1 nitrogen and oxygen atoms in total. The quantitative estimate of drug-likeness (QED) is 0.336. The van der Waals surface area contributed by atoms with Crippen LogP contribution in [0.25, 0.3) is 0 Å². The van der Waals surface area contributed by atoms with Crippen LogP contribution in [0.3, 0.4) is 0 Å². The summed E-state index contributed by atoms with van der Waals surface area (Å²) in [5.74, 6) is 1.69. The third kappa shape index (κ3) is 7.36. The summed E-state index contributed by atoms with van der Waals surface area (Å²) >= 11 is 6.79. The Hall–Kier alpha value is 0.460. The van der Waals surface area contributed by atoms with Gasteiger partial charge in [-0.15, -0.1) is 11.8 Å². The van der Waals surface area contributed by atoms with E-state index in [-0.39, 0.29) is 29.6 Å². The predicted octanol–water partition coefficient (Wildman–Crippen LogP) is 0.614. The first kappa shape index (κ1) is 15.5. The molecule has 0 bridgehead atoms. The van der Waals surface area contributed by atoms with Crippen LogP contribution in [-0.4, -0.2) is 10.1 Å². The van der Waals surface area contributed by atoms with E-state index in [9.17, 15) is 0 Å². The molecule has 0 spiro atoms. The molecule has 1 rings (SSSR count). The van der Waals surface area contributed by atoms with E-state index in [0.717, 1.165) is 15.8 Å². The number of aliphatic imine (C=N–C) groups is 1. The van der Waals surface area contributed by atoms with E-state index in [4.69, 9.17) is 12.6 Å². The van der Waals surface area contributed by atoms with E-state index in [2.05, 4.69) is 18.8 Å². The largest absolute Gasteiger partial charge is 1.00 e. The van der Waals surface area contributed by atoms with Gasteiger partial charge in [0.15, 0.2) is 0 Å². The second-order valence-electron chi connectivity index (χ2n) is 3.42. The van der Waals surface area contributed by atoms with Crippen LogP contribution in [0.1, 0.15) is 13.8 Å². The number of rotatable bonds is 3. The Balaban J connectivity index is 0.00000196. The summed E-state index contributed by atoms with van der Waals surface area (Å²) in [6, 6.07) is 9.83. The van der Waals surface area contributed by atoms with Crippen LogP contribution in [0.5, 0.6) is 0 Å². The van der Waals surface area contributed by atoms with Gasteiger partial charge in [0.25, 0.3) is 0 Å². The maximum absolute atomic E-state index is 5.15. The van der Waals surface area contributed by atoms with Gasteiger partial charge in [0.05, 0.1) is 5.69 Å². The van der Waals surface area contributed by atoms with E-state index in [0.29, 0.717) is 5.92 Å². The Morgan fingerprint density at radius 3 is 2.47 bits per heavy atom. The molecular formula is C11H14NNaS2. The monoisotopic (exact) mass is 247 g/mol. The van der Waals surface area contributed by atoms with Gasteiger partial charge in [-0.3, -0.25) is 4.99 Å². The summed E-state index contributed by atoms with van der Waals surface area (Å²) in [5, 5.41) is 0. The minimum atomic E-state index is 0. The van der Waals surface area contributed by atoms with Crippen LogP contribution < -0.4 is 29.6 Å². The van der Waals surface area contributed by atoms with Crippen molar-refractivity contribution < 1.29 is 29.6 Å². The summed E-state index contributed by atoms with van der Waals surface area (Å²) in [4.78, 5) is 4.33. The number of benzene rings is 1. The number of hydrogen-bond donors (Lipinski definition) is 0. The molecule has 0 amide bonds. The van der Waals surface area contributed by atoms with E-state index in [1.54, 1.807) is 11.8 Å². The minimum absolute atomic E-state index is 0. The summed E-state index contributed by atoms with van der Waals surface area (Å²) in [7, 11) is 0. The van der Waals surface area contributed by atoms with Crippen molar-refractivity contribution in [1.29, 1.82) is 0 Å². The fraction of sp³-hybridized carbons (Fsp3) is 0.364. The SMILES string of the molecule is CC(C)CSC([S-])=Nc1ccccc1.[Na+]. The Kier molecular flexibility index (Phi) is 8.86. The van der Waals surface area contributed by atoms with E-state index < -0.39 is 0 Å². The molecular weight excluding hydrogens is 233 g/mol. The van der Waals surface area contributed by atoms with Crippen molar-refractivity contribution >= 4 is 34.5 Å². The molecule has 1 aromatic carbocycles. The van der Waals surface area contributed by atoms with Crippen molar-refractivity contribution in [2.45, 2.75) is 13.8 Å². The molecule has 76 valence electrons. The molecule has 0 saturated heterocycles. The van der Waals surface area contributed by atoms with Gasteiger partial charge >= 0.3 is 29.6 Å². The van der Waals surface area contributed by atoms with E-state index in [1.165, 1.54) is 0 Å². The first-order valence-electron chi connectivity index (χ1n) is 4.62. The molecule has 0 aliphatic carbocycles. The minimum Gasteiger partial charge on any atom is -0.753 e. The zero-order valence-electron chi connectivity index (χ0n) is 9.43. The normalized spacial score (nSPS) is 11.3. The average molecular weight is 247 g/mol. The number of thioether (sulfide) groups is 1. The maximum atomic E-state index is 5.15. The van der Waals surface area contributed by atoms with Gasteiger partial charge in [0.2, 0.25) is 0 Å². The van der Waals surface area contributed by atoms with Crippen molar-refractivity contribution in [3.05, 3.63) is 30.3 Å². The van der Waals surface area contributed by atoms with Gasteiger partial charge < -0.3 is 12.6 Å². The van der Waals surface area contributed by atoms with E-state index in [1.807, 2.05) is 30.3 Å². The van der Waals surface area contributed by atoms with Gasteiger partial charge in [-0.2, -0.15) is 0 Å². The fourth-order valence-electron chi connectivity index (χ4n) is 0.878. The molecule has 0 saturated carbocycles. The Morgan fingerprint density at radius 1 is 1.33 bits per heavy atom. The van der Waals surface area contributed by atoms with E-state index >= 15 is 0 Å². The van der Waals surface area contributed by atoms with Crippen LogP contribution in [0.4, 0.5) is 5.69 Å². The second kappa shape index (κ2) is 8.59. The smallest absolute Gasteiger partial charge is 0.753 e. The summed E-state index contributed by atoms with van der Waals surface area (Å²) in [5.41, 5.74) is 0.939. The molecule has 0 aliphatic heterocycles. The van der Waals surface area contributed by atoms with Gasteiger partial charge in [-0.1, -0.05) is 32.0 Å². The van der Waals surface area contributed by atoms with Crippen molar-refractivity contribution in [2.24, 2.45) is 10.9 Å². The number of hydrogen-bond acceptors (Lipinski definition) is 3. The fourth-order valence-corrected chi connectivity index (χ4v) is 1.83. The predicted molar refractivity (Wildman–Crippen MR) is 68.2 cm³/mol. The van der Waals surface area contributed by atoms with Crippen LogP contribution in [0.2, 0.25) is 0 Å². The maximum Gasteiger partial charge on any atom is 1.00 e. The topological polar surface area (TPSA) is 12.4 Å². The number of nitrogens with zero attached hydrogens (tertiary/aromatic N) is 1. The molecule has 0 aliphatic rings.